The number of ether oxygens (including phenoxy) is 2. The highest BCUT2D eigenvalue weighted by molar-refractivity contribution is 5.20. The number of hydrogen-bond donors (Lipinski definition) is 1. The van der Waals surface area contributed by atoms with Gasteiger partial charge in [0.05, 0.1) is 12.2 Å². The van der Waals surface area contributed by atoms with Crippen molar-refractivity contribution in [2.24, 2.45) is 28.6 Å². The van der Waals surface area contributed by atoms with E-state index >= 15 is 0 Å². The molecule has 1 N–H and O–H groups in total. The molecule has 3 rings (SSSR count). The van der Waals surface area contributed by atoms with Gasteiger partial charge in [-0.25, -0.2) is 0 Å². The molecule has 3 nitrogen and oxygen atoms in total. The zero-order chi connectivity index (χ0) is 16.1. The standard InChI is InChI=1S/C19H30O3/c1-6-15-12(3)8-16(20)18(5)13(4)9-14-10-19(15,18)11-17(22-14)21-7-2/h1,12-17,20H,7-11H2,2-5H3/t12-,13-,14+,15-,16-,17-,18-,19-/m0/s1. The van der Waals surface area contributed by atoms with Crippen LogP contribution in [-0.2, 0) is 9.47 Å². The van der Waals surface area contributed by atoms with Gasteiger partial charge in [-0.2, -0.15) is 0 Å². The van der Waals surface area contributed by atoms with Gasteiger partial charge in [-0.3, -0.25) is 0 Å². The highest BCUT2D eigenvalue weighted by Gasteiger charge is 2.67. The Bertz CT molecular complexity index is 464. The number of rotatable bonds is 2. The first-order valence-corrected chi connectivity index (χ1v) is 8.80. The second kappa shape index (κ2) is 5.51. The predicted octanol–water partition coefficient (Wildman–Crippen LogP) is 3.21. The maximum atomic E-state index is 11.0. The van der Waals surface area contributed by atoms with Crippen LogP contribution in [0.5, 0.6) is 0 Å². The molecule has 2 bridgehead atoms. The molecule has 8 atom stereocenters. The summed E-state index contributed by atoms with van der Waals surface area (Å²) in [6.07, 6.45) is 9.31. The minimum atomic E-state index is -0.288. The Morgan fingerprint density at radius 1 is 1.32 bits per heavy atom. The summed E-state index contributed by atoms with van der Waals surface area (Å²) in [5.41, 5.74) is -0.217. The van der Waals surface area contributed by atoms with E-state index in [0.717, 1.165) is 25.7 Å². The van der Waals surface area contributed by atoms with E-state index in [1.54, 1.807) is 0 Å². The predicted molar refractivity (Wildman–Crippen MR) is 86.0 cm³/mol. The highest BCUT2D eigenvalue weighted by Crippen LogP contribution is 2.68. The molecule has 3 aliphatic rings. The second-order valence-corrected chi connectivity index (χ2v) is 8.00. The number of terminal acetylenes is 1. The fourth-order valence-electron chi connectivity index (χ4n) is 5.94. The van der Waals surface area contributed by atoms with E-state index in [2.05, 4.69) is 26.7 Å². The van der Waals surface area contributed by atoms with Crippen LogP contribution in [0.25, 0.3) is 0 Å². The summed E-state index contributed by atoms with van der Waals surface area (Å²) in [6, 6.07) is 0. The molecule has 2 aliphatic carbocycles. The Morgan fingerprint density at radius 3 is 2.68 bits per heavy atom. The highest BCUT2D eigenvalue weighted by atomic mass is 16.7. The molecule has 2 saturated carbocycles. The van der Waals surface area contributed by atoms with Crippen LogP contribution in [0.15, 0.2) is 0 Å². The molecule has 0 unspecified atom stereocenters. The molecule has 1 aliphatic heterocycles. The molecule has 1 saturated heterocycles. The van der Waals surface area contributed by atoms with Gasteiger partial charge in [0.25, 0.3) is 0 Å². The van der Waals surface area contributed by atoms with Gasteiger partial charge in [-0.15, -0.1) is 12.3 Å². The van der Waals surface area contributed by atoms with Crippen LogP contribution >= 0.6 is 0 Å². The van der Waals surface area contributed by atoms with Crippen LogP contribution in [0.3, 0.4) is 0 Å². The Balaban J connectivity index is 2.08. The van der Waals surface area contributed by atoms with Crippen molar-refractivity contribution in [2.75, 3.05) is 6.61 Å². The minimum Gasteiger partial charge on any atom is -0.393 e. The van der Waals surface area contributed by atoms with E-state index in [9.17, 15) is 5.11 Å². The zero-order valence-corrected chi connectivity index (χ0v) is 14.3. The summed E-state index contributed by atoms with van der Waals surface area (Å²) in [5.74, 6) is 4.05. The van der Waals surface area contributed by atoms with Crippen molar-refractivity contribution >= 4 is 0 Å². The lowest BCUT2D eigenvalue weighted by atomic mass is 9.40. The zero-order valence-electron chi connectivity index (χ0n) is 14.3. The molecule has 0 amide bonds. The van der Waals surface area contributed by atoms with Crippen LogP contribution < -0.4 is 0 Å². The summed E-state index contributed by atoms with van der Waals surface area (Å²) in [5, 5.41) is 11.0. The van der Waals surface area contributed by atoms with E-state index in [1.165, 1.54) is 0 Å². The summed E-state index contributed by atoms with van der Waals surface area (Å²) in [4.78, 5) is 0. The van der Waals surface area contributed by atoms with Gasteiger partial charge < -0.3 is 14.6 Å². The molecule has 0 radical (unpaired) electrons. The third-order valence-electron chi connectivity index (χ3n) is 7.16. The summed E-state index contributed by atoms with van der Waals surface area (Å²) >= 11 is 0. The van der Waals surface area contributed by atoms with E-state index in [1.807, 2.05) is 6.92 Å². The van der Waals surface area contributed by atoms with Gasteiger partial charge in [0, 0.05) is 24.4 Å². The maximum Gasteiger partial charge on any atom is 0.158 e. The number of fused-ring (bicyclic) bond motifs is 1. The van der Waals surface area contributed by atoms with Gasteiger partial charge in [-0.1, -0.05) is 20.8 Å². The lowest BCUT2D eigenvalue weighted by Crippen LogP contribution is -2.67. The Morgan fingerprint density at radius 2 is 2.05 bits per heavy atom. The first-order valence-electron chi connectivity index (χ1n) is 8.80. The summed E-state index contributed by atoms with van der Waals surface area (Å²) in [6.45, 7) is 9.38. The quantitative estimate of drug-likeness (QED) is 0.796. The van der Waals surface area contributed by atoms with Gasteiger partial charge in [0.1, 0.15) is 0 Å². The number of aliphatic hydroxyl groups excluding tert-OH is 1. The molecule has 0 aromatic carbocycles. The van der Waals surface area contributed by atoms with Crippen molar-refractivity contribution < 1.29 is 14.6 Å². The van der Waals surface area contributed by atoms with E-state index in [0.29, 0.717) is 18.4 Å². The van der Waals surface area contributed by atoms with Crippen molar-refractivity contribution in [3.63, 3.8) is 0 Å². The fourth-order valence-corrected chi connectivity index (χ4v) is 5.94. The van der Waals surface area contributed by atoms with E-state index < -0.39 is 0 Å². The molecular weight excluding hydrogens is 276 g/mol. The van der Waals surface area contributed by atoms with Crippen molar-refractivity contribution in [1.82, 2.24) is 0 Å². The molecule has 0 aromatic heterocycles. The van der Waals surface area contributed by atoms with Gasteiger partial charge >= 0.3 is 0 Å². The van der Waals surface area contributed by atoms with Crippen molar-refractivity contribution in [2.45, 2.75) is 71.9 Å². The van der Waals surface area contributed by atoms with Crippen molar-refractivity contribution in [1.29, 1.82) is 0 Å². The van der Waals surface area contributed by atoms with Crippen molar-refractivity contribution in [3.05, 3.63) is 0 Å². The largest absolute Gasteiger partial charge is 0.393 e. The van der Waals surface area contributed by atoms with Crippen LogP contribution in [0, 0.1) is 40.9 Å². The maximum absolute atomic E-state index is 11.0. The SMILES string of the molecule is C#C[C@H]1[C@@H](C)C[C@H](O)[C@]2(C)[C@@H](C)C[C@@H]3C[C@]12C[C@@H](OCC)O3. The third kappa shape index (κ3) is 2.00. The third-order valence-corrected chi connectivity index (χ3v) is 7.16. The first kappa shape index (κ1) is 16.3. The Labute approximate surface area is 134 Å². The summed E-state index contributed by atoms with van der Waals surface area (Å²) < 4.78 is 12.0. The average Bonchev–Trinajstić information content (AvgIpc) is 2.44. The Kier molecular flexibility index (Phi) is 4.08. The minimum absolute atomic E-state index is 0.0702. The second-order valence-electron chi connectivity index (χ2n) is 8.00. The topological polar surface area (TPSA) is 38.7 Å². The molecule has 22 heavy (non-hydrogen) atoms. The average molecular weight is 306 g/mol. The number of aliphatic hydroxyl groups is 1. The first-order chi connectivity index (χ1) is 10.4. The number of hydrogen-bond acceptors (Lipinski definition) is 3. The lowest BCUT2D eigenvalue weighted by Gasteiger charge is -2.67. The molecule has 124 valence electrons. The molecule has 3 fully saturated rings. The normalized spacial score (nSPS) is 54.4. The summed E-state index contributed by atoms with van der Waals surface area (Å²) in [7, 11) is 0. The molecular formula is C19H30O3. The Hall–Kier alpha value is -0.560. The van der Waals surface area contributed by atoms with Crippen LogP contribution in [0.4, 0.5) is 0 Å². The molecule has 1 heterocycles. The van der Waals surface area contributed by atoms with Crippen LogP contribution in [0.1, 0.15) is 53.4 Å². The van der Waals surface area contributed by atoms with Gasteiger partial charge in [0.2, 0.25) is 0 Å². The fraction of sp³-hybridized carbons (Fsp3) is 0.895. The molecule has 3 heteroatoms. The van der Waals surface area contributed by atoms with Gasteiger partial charge in [-0.05, 0) is 43.4 Å². The monoisotopic (exact) mass is 306 g/mol. The smallest absolute Gasteiger partial charge is 0.158 e. The van der Waals surface area contributed by atoms with Gasteiger partial charge in [0.15, 0.2) is 6.29 Å². The van der Waals surface area contributed by atoms with E-state index in [-0.39, 0.29) is 35.2 Å². The van der Waals surface area contributed by atoms with Crippen molar-refractivity contribution in [3.8, 4) is 12.3 Å². The van der Waals surface area contributed by atoms with E-state index in [4.69, 9.17) is 15.9 Å². The van der Waals surface area contributed by atoms with Crippen LogP contribution in [0.2, 0.25) is 0 Å². The molecule has 1 spiro atoms. The molecule has 0 aromatic rings. The lowest BCUT2D eigenvalue weighted by molar-refractivity contribution is -0.308. The van der Waals surface area contributed by atoms with Crippen LogP contribution in [-0.4, -0.2) is 30.2 Å².